The molecule has 0 radical (unpaired) electrons. The molecule has 0 unspecified atom stereocenters. The van der Waals surface area contributed by atoms with Gasteiger partial charge >= 0.3 is 0 Å². The van der Waals surface area contributed by atoms with Crippen LogP contribution in [0, 0.1) is 0 Å². The molecule has 1 amide bonds. The van der Waals surface area contributed by atoms with Gasteiger partial charge in [-0.15, -0.1) is 0 Å². The zero-order chi connectivity index (χ0) is 23.8. The standard InChI is InChI=1S/C24H25ClN2O5S/c1-27(33(29,30)21-11-9-20(25)10-12-21)16-24(28)26-15-19-8-13-22(23(14-19)31-2)32-17-18-6-4-3-5-7-18/h3-14H,15-17H2,1-2H3,(H,26,28). The van der Waals surface area contributed by atoms with Crippen LogP contribution in [0.2, 0.25) is 5.02 Å². The molecule has 0 atom stereocenters. The van der Waals surface area contributed by atoms with Gasteiger partial charge in [-0.05, 0) is 47.5 Å². The molecule has 0 saturated heterocycles. The van der Waals surface area contributed by atoms with Crippen molar-refractivity contribution in [3.8, 4) is 11.5 Å². The Morgan fingerprint density at radius 1 is 0.970 bits per heavy atom. The molecule has 9 heteroatoms. The Kier molecular flexibility index (Phi) is 8.32. The summed E-state index contributed by atoms with van der Waals surface area (Å²) in [6.07, 6.45) is 0. The van der Waals surface area contributed by atoms with Crippen molar-refractivity contribution < 1.29 is 22.7 Å². The van der Waals surface area contributed by atoms with E-state index in [0.717, 1.165) is 15.4 Å². The minimum atomic E-state index is -3.80. The van der Waals surface area contributed by atoms with Crippen molar-refractivity contribution in [1.29, 1.82) is 0 Å². The van der Waals surface area contributed by atoms with Gasteiger partial charge in [0, 0.05) is 18.6 Å². The summed E-state index contributed by atoms with van der Waals surface area (Å²) in [5, 5.41) is 3.16. The summed E-state index contributed by atoms with van der Waals surface area (Å²) < 4.78 is 37.5. The molecule has 0 fully saturated rings. The SMILES string of the molecule is COc1cc(CNC(=O)CN(C)S(=O)(=O)c2ccc(Cl)cc2)ccc1OCc1ccccc1. The predicted octanol–water partition coefficient (Wildman–Crippen LogP) is 3.86. The number of hydrogen-bond acceptors (Lipinski definition) is 5. The number of likely N-dealkylation sites (N-methyl/N-ethyl adjacent to an activating group) is 1. The molecule has 0 saturated carbocycles. The summed E-state index contributed by atoms with van der Waals surface area (Å²) in [6, 6.07) is 20.9. The van der Waals surface area contributed by atoms with Gasteiger partial charge < -0.3 is 14.8 Å². The lowest BCUT2D eigenvalue weighted by atomic mass is 10.2. The van der Waals surface area contributed by atoms with E-state index in [1.54, 1.807) is 19.2 Å². The lowest BCUT2D eigenvalue weighted by Gasteiger charge is -2.17. The minimum Gasteiger partial charge on any atom is -0.493 e. The molecular weight excluding hydrogens is 464 g/mol. The number of carbonyl (C=O) groups excluding carboxylic acids is 1. The van der Waals surface area contributed by atoms with Crippen LogP contribution in [0.5, 0.6) is 11.5 Å². The molecule has 0 aromatic heterocycles. The van der Waals surface area contributed by atoms with Crippen molar-refractivity contribution in [3.63, 3.8) is 0 Å². The summed E-state index contributed by atoms with van der Waals surface area (Å²) in [5.41, 5.74) is 1.82. The van der Waals surface area contributed by atoms with Crippen molar-refractivity contribution in [2.24, 2.45) is 0 Å². The topological polar surface area (TPSA) is 84.9 Å². The van der Waals surface area contributed by atoms with Gasteiger partial charge in [-0.25, -0.2) is 8.42 Å². The van der Waals surface area contributed by atoms with Crippen molar-refractivity contribution >= 4 is 27.5 Å². The third kappa shape index (κ3) is 6.71. The van der Waals surface area contributed by atoms with Crippen LogP contribution in [-0.2, 0) is 28.0 Å². The van der Waals surface area contributed by atoms with Crippen LogP contribution >= 0.6 is 11.6 Å². The third-order valence-corrected chi connectivity index (χ3v) is 6.91. The Morgan fingerprint density at radius 2 is 1.67 bits per heavy atom. The summed E-state index contributed by atoms with van der Waals surface area (Å²) in [5.74, 6) is 0.698. The number of benzene rings is 3. The average molecular weight is 489 g/mol. The Labute approximate surface area is 198 Å². The molecule has 0 aliphatic heterocycles. The second-order valence-corrected chi connectivity index (χ2v) is 9.73. The number of sulfonamides is 1. The molecule has 3 aromatic carbocycles. The Hall–Kier alpha value is -3.07. The first kappa shape index (κ1) is 24.6. The molecule has 0 heterocycles. The first-order chi connectivity index (χ1) is 15.8. The number of methoxy groups -OCH3 is 1. The number of nitrogens with one attached hydrogen (secondary N) is 1. The van der Waals surface area contributed by atoms with Crippen LogP contribution in [0.4, 0.5) is 0 Å². The second-order valence-electron chi connectivity index (χ2n) is 7.25. The van der Waals surface area contributed by atoms with E-state index in [2.05, 4.69) is 5.32 Å². The van der Waals surface area contributed by atoms with Gasteiger partial charge in [0.25, 0.3) is 0 Å². The maximum Gasteiger partial charge on any atom is 0.243 e. The molecular formula is C24H25ClN2O5S. The van der Waals surface area contributed by atoms with Crippen molar-refractivity contribution in [2.75, 3.05) is 20.7 Å². The van der Waals surface area contributed by atoms with Crippen LogP contribution in [0.15, 0.2) is 77.7 Å². The highest BCUT2D eigenvalue weighted by Crippen LogP contribution is 2.29. The van der Waals surface area contributed by atoms with Gasteiger partial charge in [0.15, 0.2) is 11.5 Å². The van der Waals surface area contributed by atoms with E-state index in [9.17, 15) is 13.2 Å². The summed E-state index contributed by atoms with van der Waals surface area (Å²) in [6.45, 7) is 0.297. The highest BCUT2D eigenvalue weighted by Gasteiger charge is 2.22. The highest BCUT2D eigenvalue weighted by atomic mass is 35.5. The molecule has 7 nitrogen and oxygen atoms in total. The molecule has 0 aliphatic rings. The van der Waals surface area contributed by atoms with E-state index in [-0.39, 0.29) is 18.0 Å². The van der Waals surface area contributed by atoms with Crippen LogP contribution in [-0.4, -0.2) is 39.3 Å². The van der Waals surface area contributed by atoms with Gasteiger partial charge in [-0.3, -0.25) is 4.79 Å². The van der Waals surface area contributed by atoms with Crippen molar-refractivity contribution in [2.45, 2.75) is 18.0 Å². The molecule has 174 valence electrons. The zero-order valence-corrected chi connectivity index (χ0v) is 19.9. The first-order valence-corrected chi connectivity index (χ1v) is 11.9. The second kappa shape index (κ2) is 11.2. The normalized spacial score (nSPS) is 11.3. The third-order valence-electron chi connectivity index (χ3n) is 4.84. The number of halogens is 1. The Bertz CT molecular complexity index is 1190. The van der Waals surface area contributed by atoms with Crippen LogP contribution in [0.1, 0.15) is 11.1 Å². The largest absolute Gasteiger partial charge is 0.493 e. The van der Waals surface area contributed by atoms with Crippen molar-refractivity contribution in [1.82, 2.24) is 9.62 Å². The number of amides is 1. The quantitative estimate of drug-likeness (QED) is 0.468. The average Bonchev–Trinajstić information content (AvgIpc) is 2.82. The summed E-state index contributed by atoms with van der Waals surface area (Å²) >= 11 is 5.81. The Balaban J connectivity index is 1.56. The van der Waals surface area contributed by atoms with Gasteiger partial charge in [0.1, 0.15) is 6.61 Å². The van der Waals surface area contributed by atoms with Crippen LogP contribution in [0.3, 0.4) is 0 Å². The summed E-state index contributed by atoms with van der Waals surface area (Å²) in [4.78, 5) is 12.4. The van der Waals surface area contributed by atoms with Crippen LogP contribution in [0.25, 0.3) is 0 Å². The molecule has 1 N–H and O–H groups in total. The molecule has 0 spiro atoms. The molecule has 3 rings (SSSR count). The van der Waals surface area contributed by atoms with E-state index in [1.165, 1.54) is 31.3 Å². The van der Waals surface area contributed by atoms with E-state index < -0.39 is 15.9 Å². The molecule has 0 aliphatic carbocycles. The number of rotatable bonds is 10. The fraction of sp³-hybridized carbons (Fsp3) is 0.208. The summed E-state index contributed by atoms with van der Waals surface area (Å²) in [7, 11) is -0.904. The van der Waals surface area contributed by atoms with E-state index >= 15 is 0 Å². The van der Waals surface area contributed by atoms with E-state index in [1.807, 2.05) is 36.4 Å². The maximum absolute atomic E-state index is 12.6. The zero-order valence-electron chi connectivity index (χ0n) is 18.3. The van der Waals surface area contributed by atoms with Gasteiger partial charge in [0.05, 0.1) is 18.6 Å². The monoisotopic (exact) mass is 488 g/mol. The molecule has 3 aromatic rings. The lowest BCUT2D eigenvalue weighted by Crippen LogP contribution is -2.38. The predicted molar refractivity (Wildman–Crippen MR) is 127 cm³/mol. The van der Waals surface area contributed by atoms with E-state index in [4.69, 9.17) is 21.1 Å². The first-order valence-electron chi connectivity index (χ1n) is 10.1. The molecule has 33 heavy (non-hydrogen) atoms. The van der Waals surface area contributed by atoms with Gasteiger partial charge in [-0.1, -0.05) is 48.0 Å². The fourth-order valence-electron chi connectivity index (χ4n) is 3.01. The van der Waals surface area contributed by atoms with E-state index in [0.29, 0.717) is 23.1 Å². The fourth-order valence-corrected chi connectivity index (χ4v) is 4.26. The number of ether oxygens (including phenoxy) is 2. The van der Waals surface area contributed by atoms with Gasteiger partial charge in [0.2, 0.25) is 15.9 Å². The Morgan fingerprint density at radius 3 is 2.33 bits per heavy atom. The molecule has 0 bridgehead atoms. The minimum absolute atomic E-state index is 0.0676. The van der Waals surface area contributed by atoms with Crippen molar-refractivity contribution in [3.05, 3.63) is 88.9 Å². The number of carbonyl (C=O) groups is 1. The number of nitrogens with zero attached hydrogens (tertiary/aromatic N) is 1. The highest BCUT2D eigenvalue weighted by molar-refractivity contribution is 7.89. The smallest absolute Gasteiger partial charge is 0.243 e. The van der Waals surface area contributed by atoms with Gasteiger partial charge in [-0.2, -0.15) is 4.31 Å². The number of hydrogen-bond donors (Lipinski definition) is 1. The maximum atomic E-state index is 12.6. The lowest BCUT2D eigenvalue weighted by molar-refractivity contribution is -0.121. The van der Waals surface area contributed by atoms with Crippen LogP contribution < -0.4 is 14.8 Å².